The molecule has 0 aliphatic carbocycles. The van der Waals surface area contributed by atoms with Gasteiger partial charge in [-0.3, -0.25) is 0 Å². The zero-order valence-electron chi connectivity index (χ0n) is 6.88. The van der Waals surface area contributed by atoms with E-state index in [9.17, 15) is 0 Å². The van der Waals surface area contributed by atoms with Crippen molar-refractivity contribution in [1.29, 1.82) is 0 Å². The summed E-state index contributed by atoms with van der Waals surface area (Å²) in [6.45, 7) is 1.91. The molecule has 0 saturated heterocycles. The zero-order chi connectivity index (χ0) is 8.74. The van der Waals surface area contributed by atoms with Crippen LogP contribution >= 0.6 is 0 Å². The van der Waals surface area contributed by atoms with E-state index in [1.807, 2.05) is 6.92 Å². The summed E-state index contributed by atoms with van der Waals surface area (Å²) >= 11 is 0. The molecule has 0 aromatic carbocycles. The fourth-order valence-corrected chi connectivity index (χ4v) is 0.708. The van der Waals surface area contributed by atoms with Crippen LogP contribution < -0.4 is 5.32 Å². The second-order valence-corrected chi connectivity index (χ2v) is 2.68. The second-order valence-electron chi connectivity index (χ2n) is 2.68. The summed E-state index contributed by atoms with van der Waals surface area (Å²) in [5, 5.41) is 29.3. The van der Waals surface area contributed by atoms with Crippen molar-refractivity contribution in [1.82, 2.24) is 5.32 Å². The van der Waals surface area contributed by atoms with Crippen LogP contribution in [0.1, 0.15) is 13.3 Å². The van der Waals surface area contributed by atoms with Crippen LogP contribution in [0.15, 0.2) is 0 Å². The largest absolute Gasteiger partial charge is 0.394 e. The van der Waals surface area contributed by atoms with Crippen molar-refractivity contribution in [3.63, 3.8) is 0 Å². The minimum Gasteiger partial charge on any atom is -0.394 e. The molecule has 0 heterocycles. The Bertz CT molecular complexity index is 85.4. The molecular weight excluding hydrogens is 146 g/mol. The molecule has 0 rings (SSSR count). The van der Waals surface area contributed by atoms with Gasteiger partial charge in [0.05, 0.1) is 25.4 Å². The molecule has 4 N–H and O–H groups in total. The number of aliphatic hydroxyl groups is 3. The maximum atomic E-state index is 8.82. The molecule has 0 unspecified atom stereocenters. The number of aliphatic hydroxyl groups excluding tert-OH is 3. The van der Waals surface area contributed by atoms with Crippen LogP contribution in [0.3, 0.4) is 0 Å². The average Bonchev–Trinajstić information content (AvgIpc) is 2.08. The van der Waals surface area contributed by atoms with Crippen molar-refractivity contribution in [2.75, 3.05) is 26.4 Å². The molecule has 0 aromatic rings. The minimum absolute atomic E-state index is 0.250. The summed E-state index contributed by atoms with van der Waals surface area (Å²) in [5.74, 6) is 0. The van der Waals surface area contributed by atoms with Gasteiger partial charge in [-0.25, -0.2) is 0 Å². The lowest BCUT2D eigenvalue weighted by Gasteiger charge is -2.28. The van der Waals surface area contributed by atoms with Crippen molar-refractivity contribution in [2.45, 2.75) is 18.9 Å². The molecule has 4 heteroatoms. The standard InChI is InChI=1S/C7H17NO3/c1-2-3-8-7(4-9,5-10)6-11/h8-11H,2-6H2,1H3. The molecule has 68 valence electrons. The van der Waals surface area contributed by atoms with E-state index >= 15 is 0 Å². The molecule has 0 spiro atoms. The molecule has 0 radical (unpaired) electrons. The van der Waals surface area contributed by atoms with Crippen LogP contribution in [-0.4, -0.2) is 47.2 Å². The maximum absolute atomic E-state index is 8.82. The van der Waals surface area contributed by atoms with Crippen LogP contribution in [0.4, 0.5) is 0 Å². The Labute approximate surface area is 66.9 Å². The van der Waals surface area contributed by atoms with E-state index in [0.717, 1.165) is 6.42 Å². The summed E-state index contributed by atoms with van der Waals surface area (Å²) in [6.07, 6.45) is 0.905. The highest BCUT2D eigenvalue weighted by atomic mass is 16.3. The zero-order valence-corrected chi connectivity index (χ0v) is 6.88. The molecule has 0 aliphatic rings. The van der Waals surface area contributed by atoms with E-state index in [1.54, 1.807) is 0 Å². The summed E-state index contributed by atoms with van der Waals surface area (Å²) in [7, 11) is 0. The van der Waals surface area contributed by atoms with Crippen molar-refractivity contribution in [3.05, 3.63) is 0 Å². The topological polar surface area (TPSA) is 72.7 Å². The molecule has 11 heavy (non-hydrogen) atoms. The van der Waals surface area contributed by atoms with Gasteiger partial charge in [0, 0.05) is 0 Å². The molecule has 0 saturated carbocycles. The predicted molar refractivity (Wildman–Crippen MR) is 42.3 cm³/mol. The summed E-state index contributed by atoms with van der Waals surface area (Å²) in [4.78, 5) is 0. The van der Waals surface area contributed by atoms with Gasteiger partial charge < -0.3 is 20.6 Å². The molecular formula is C7H17NO3. The van der Waals surface area contributed by atoms with Gasteiger partial charge in [-0.2, -0.15) is 0 Å². The Balaban J connectivity index is 3.84. The highest BCUT2D eigenvalue weighted by Gasteiger charge is 2.26. The first-order valence-electron chi connectivity index (χ1n) is 3.82. The average molecular weight is 163 g/mol. The third-order valence-electron chi connectivity index (χ3n) is 1.66. The van der Waals surface area contributed by atoms with Gasteiger partial charge in [-0.05, 0) is 13.0 Å². The molecule has 4 nitrogen and oxygen atoms in total. The van der Waals surface area contributed by atoms with Crippen LogP contribution in [0, 0.1) is 0 Å². The number of nitrogens with one attached hydrogen (secondary N) is 1. The van der Waals surface area contributed by atoms with E-state index in [4.69, 9.17) is 15.3 Å². The summed E-state index contributed by atoms with van der Waals surface area (Å²) in [5.41, 5.74) is -0.907. The van der Waals surface area contributed by atoms with Gasteiger partial charge in [-0.15, -0.1) is 0 Å². The van der Waals surface area contributed by atoms with E-state index in [2.05, 4.69) is 5.32 Å². The lowest BCUT2D eigenvalue weighted by atomic mass is 10.0. The van der Waals surface area contributed by atoms with Gasteiger partial charge >= 0.3 is 0 Å². The lowest BCUT2D eigenvalue weighted by Crippen LogP contribution is -2.54. The first-order chi connectivity index (χ1) is 5.24. The molecule has 0 fully saturated rings. The first-order valence-corrected chi connectivity index (χ1v) is 3.82. The van der Waals surface area contributed by atoms with Crippen LogP contribution in [0.2, 0.25) is 0 Å². The SMILES string of the molecule is CCCNC(CO)(CO)CO. The van der Waals surface area contributed by atoms with Crippen molar-refractivity contribution in [3.8, 4) is 0 Å². The minimum atomic E-state index is -0.907. The van der Waals surface area contributed by atoms with Gasteiger partial charge in [0.2, 0.25) is 0 Å². The Morgan fingerprint density at radius 3 is 1.82 bits per heavy atom. The fourth-order valence-electron chi connectivity index (χ4n) is 0.708. The second kappa shape index (κ2) is 5.49. The summed E-state index contributed by atoms with van der Waals surface area (Å²) < 4.78 is 0. The Kier molecular flexibility index (Phi) is 5.41. The van der Waals surface area contributed by atoms with Gasteiger partial charge in [-0.1, -0.05) is 6.92 Å². The van der Waals surface area contributed by atoms with Crippen molar-refractivity contribution in [2.24, 2.45) is 0 Å². The van der Waals surface area contributed by atoms with E-state index in [0.29, 0.717) is 6.54 Å². The van der Waals surface area contributed by atoms with E-state index in [-0.39, 0.29) is 19.8 Å². The van der Waals surface area contributed by atoms with Crippen molar-refractivity contribution < 1.29 is 15.3 Å². The Hall–Kier alpha value is -0.160. The lowest BCUT2D eigenvalue weighted by molar-refractivity contribution is 0.0429. The maximum Gasteiger partial charge on any atom is 0.0881 e. The highest BCUT2D eigenvalue weighted by Crippen LogP contribution is 2.00. The quantitative estimate of drug-likeness (QED) is 0.393. The molecule has 0 atom stereocenters. The number of hydrogen-bond donors (Lipinski definition) is 4. The normalized spacial score (nSPS) is 12.0. The third-order valence-corrected chi connectivity index (χ3v) is 1.66. The Morgan fingerprint density at radius 1 is 1.09 bits per heavy atom. The molecule has 0 amide bonds. The molecule has 0 aliphatic heterocycles. The Morgan fingerprint density at radius 2 is 1.55 bits per heavy atom. The smallest absolute Gasteiger partial charge is 0.0881 e. The molecule has 0 aromatic heterocycles. The molecule has 0 bridgehead atoms. The van der Waals surface area contributed by atoms with E-state index in [1.165, 1.54) is 0 Å². The summed E-state index contributed by atoms with van der Waals surface area (Å²) in [6, 6.07) is 0. The van der Waals surface area contributed by atoms with Crippen LogP contribution in [0.25, 0.3) is 0 Å². The highest BCUT2D eigenvalue weighted by molar-refractivity contribution is 4.85. The van der Waals surface area contributed by atoms with E-state index < -0.39 is 5.54 Å². The fraction of sp³-hybridized carbons (Fsp3) is 1.00. The number of hydrogen-bond acceptors (Lipinski definition) is 4. The van der Waals surface area contributed by atoms with Gasteiger partial charge in [0.25, 0.3) is 0 Å². The van der Waals surface area contributed by atoms with Crippen LogP contribution in [-0.2, 0) is 0 Å². The monoisotopic (exact) mass is 163 g/mol. The predicted octanol–water partition coefficient (Wildman–Crippen LogP) is -1.30. The first kappa shape index (κ1) is 10.8. The van der Waals surface area contributed by atoms with Crippen LogP contribution in [0.5, 0.6) is 0 Å². The van der Waals surface area contributed by atoms with Gasteiger partial charge in [0.1, 0.15) is 0 Å². The van der Waals surface area contributed by atoms with Gasteiger partial charge in [0.15, 0.2) is 0 Å². The van der Waals surface area contributed by atoms with Crippen molar-refractivity contribution >= 4 is 0 Å². The number of rotatable bonds is 6. The third kappa shape index (κ3) is 3.16.